The Morgan fingerprint density at radius 2 is 2.07 bits per heavy atom. The number of aliphatic carboxylic acids is 1. The van der Waals surface area contributed by atoms with Crippen LogP contribution in [0.25, 0.3) is 0 Å². The maximum absolute atomic E-state index is 11.1. The summed E-state index contributed by atoms with van der Waals surface area (Å²) >= 11 is 0. The highest BCUT2D eigenvalue weighted by molar-refractivity contribution is 5.68. The Bertz CT molecular complexity index is 442. The molecule has 5 heteroatoms. The summed E-state index contributed by atoms with van der Waals surface area (Å²) in [6, 6.07) is 4.14. The number of rotatable bonds is 3. The molecule has 15 heavy (non-hydrogen) atoms. The van der Waals surface area contributed by atoms with Gasteiger partial charge in [0.1, 0.15) is 0 Å². The van der Waals surface area contributed by atoms with E-state index in [-0.39, 0.29) is 18.5 Å². The number of nitrogen functional groups attached to an aromatic ring is 1. The second kappa shape index (κ2) is 4.45. The van der Waals surface area contributed by atoms with Crippen molar-refractivity contribution in [1.82, 2.24) is 0 Å². The first-order chi connectivity index (χ1) is 7.02. The van der Waals surface area contributed by atoms with Crippen LogP contribution in [0.3, 0.4) is 0 Å². The summed E-state index contributed by atoms with van der Waals surface area (Å²) in [6.07, 6.45) is 0.0880. The number of carbonyl (C=O) groups is 1. The molecule has 0 aromatic heterocycles. The molecule has 0 saturated carbocycles. The minimum atomic E-state index is -0.956. The van der Waals surface area contributed by atoms with Crippen LogP contribution in [0, 0.1) is 0 Å². The van der Waals surface area contributed by atoms with Crippen LogP contribution in [-0.2, 0) is 11.2 Å². The van der Waals surface area contributed by atoms with Gasteiger partial charge in [-0.05, 0) is 18.1 Å². The standard InChI is InChI=1S/C10H11NO4/c11-9-6(4-5-8(13)14)2-1-3-7(12)10(9)15/h1-3H,4-5H2,(H,13,14)(H3,11,12,15). The molecule has 0 bridgehead atoms. The molecule has 0 aliphatic rings. The number of aromatic hydroxyl groups is 1. The molecule has 0 unspecified atom stereocenters. The van der Waals surface area contributed by atoms with E-state index in [1.165, 1.54) is 18.2 Å². The predicted octanol–water partition coefficient (Wildman–Crippen LogP) is 0.352. The summed E-state index contributed by atoms with van der Waals surface area (Å²) in [4.78, 5) is 21.4. The zero-order chi connectivity index (χ0) is 11.4. The van der Waals surface area contributed by atoms with Gasteiger partial charge in [-0.2, -0.15) is 0 Å². The molecule has 0 atom stereocenters. The van der Waals surface area contributed by atoms with Crippen LogP contribution in [-0.4, -0.2) is 16.2 Å². The van der Waals surface area contributed by atoms with E-state index >= 15 is 0 Å². The van der Waals surface area contributed by atoms with Crippen molar-refractivity contribution in [1.29, 1.82) is 0 Å². The molecule has 0 spiro atoms. The van der Waals surface area contributed by atoms with Crippen LogP contribution in [0.4, 0.5) is 5.69 Å². The quantitative estimate of drug-likeness (QED) is 0.666. The molecule has 4 N–H and O–H groups in total. The second-order valence-electron chi connectivity index (χ2n) is 3.07. The first-order valence-electron chi connectivity index (χ1n) is 4.35. The van der Waals surface area contributed by atoms with Crippen molar-refractivity contribution < 1.29 is 15.0 Å². The molecule has 0 radical (unpaired) electrons. The van der Waals surface area contributed by atoms with Crippen molar-refractivity contribution in [3.05, 3.63) is 34.0 Å². The molecule has 0 amide bonds. The van der Waals surface area contributed by atoms with E-state index in [4.69, 9.17) is 10.8 Å². The number of nitrogens with two attached hydrogens (primary N) is 1. The average Bonchev–Trinajstić information content (AvgIpc) is 2.29. The number of carboxylic acids is 1. The molecule has 0 saturated heterocycles. The first kappa shape index (κ1) is 11.0. The normalized spacial score (nSPS) is 9.87. The second-order valence-corrected chi connectivity index (χ2v) is 3.07. The molecule has 1 aromatic rings. The van der Waals surface area contributed by atoms with Crippen LogP contribution in [0.2, 0.25) is 0 Å². The van der Waals surface area contributed by atoms with Crippen LogP contribution >= 0.6 is 0 Å². The molecular formula is C10H11NO4. The molecule has 0 heterocycles. The summed E-state index contributed by atoms with van der Waals surface area (Å²) in [5.41, 5.74) is 5.34. The zero-order valence-corrected chi connectivity index (χ0v) is 7.93. The summed E-state index contributed by atoms with van der Waals surface area (Å²) in [5.74, 6) is -1.48. The molecule has 1 aromatic carbocycles. The molecule has 0 fully saturated rings. The predicted molar refractivity (Wildman–Crippen MR) is 54.7 cm³/mol. The van der Waals surface area contributed by atoms with Gasteiger partial charge in [-0.15, -0.1) is 0 Å². The molecule has 1 rings (SSSR count). The van der Waals surface area contributed by atoms with E-state index in [1.54, 1.807) is 0 Å². The van der Waals surface area contributed by atoms with Gasteiger partial charge in [0, 0.05) is 6.42 Å². The third kappa shape index (κ3) is 2.70. The van der Waals surface area contributed by atoms with Gasteiger partial charge in [0.2, 0.25) is 5.43 Å². The van der Waals surface area contributed by atoms with Crippen LogP contribution in [0.1, 0.15) is 12.0 Å². The van der Waals surface area contributed by atoms with Crippen LogP contribution in [0.5, 0.6) is 5.75 Å². The SMILES string of the molecule is Nc1c(CCC(=O)O)cccc(=O)c1O. The Labute approximate surface area is 85.8 Å². The van der Waals surface area contributed by atoms with E-state index in [0.29, 0.717) is 5.56 Å². The summed E-state index contributed by atoms with van der Waals surface area (Å²) in [6.45, 7) is 0. The van der Waals surface area contributed by atoms with Crippen molar-refractivity contribution in [3.63, 3.8) is 0 Å². The maximum atomic E-state index is 11.1. The minimum absolute atomic E-state index is 0.0498. The van der Waals surface area contributed by atoms with Gasteiger partial charge in [-0.1, -0.05) is 12.1 Å². The van der Waals surface area contributed by atoms with Crippen LogP contribution < -0.4 is 11.2 Å². The van der Waals surface area contributed by atoms with Crippen molar-refractivity contribution in [3.8, 4) is 5.75 Å². The monoisotopic (exact) mass is 209 g/mol. The fourth-order valence-corrected chi connectivity index (χ4v) is 1.16. The Balaban J connectivity index is 3.10. The molecule has 0 aliphatic heterocycles. The van der Waals surface area contributed by atoms with Crippen molar-refractivity contribution >= 4 is 11.7 Å². The van der Waals surface area contributed by atoms with Gasteiger partial charge < -0.3 is 15.9 Å². The fourth-order valence-electron chi connectivity index (χ4n) is 1.16. The van der Waals surface area contributed by atoms with E-state index in [0.717, 1.165) is 0 Å². The van der Waals surface area contributed by atoms with E-state index < -0.39 is 17.1 Å². The van der Waals surface area contributed by atoms with Gasteiger partial charge in [0.05, 0.1) is 5.69 Å². The molecule has 5 nitrogen and oxygen atoms in total. The summed E-state index contributed by atoms with van der Waals surface area (Å²) in [7, 11) is 0. The third-order valence-electron chi connectivity index (χ3n) is 1.99. The highest BCUT2D eigenvalue weighted by Crippen LogP contribution is 2.19. The average molecular weight is 209 g/mol. The highest BCUT2D eigenvalue weighted by Gasteiger charge is 2.07. The Morgan fingerprint density at radius 3 is 2.67 bits per heavy atom. The summed E-state index contributed by atoms with van der Waals surface area (Å²) < 4.78 is 0. The molecular weight excluding hydrogens is 198 g/mol. The van der Waals surface area contributed by atoms with E-state index in [1.807, 2.05) is 0 Å². The lowest BCUT2D eigenvalue weighted by molar-refractivity contribution is -0.136. The molecule has 80 valence electrons. The van der Waals surface area contributed by atoms with Gasteiger partial charge in [-0.3, -0.25) is 9.59 Å². The van der Waals surface area contributed by atoms with E-state index in [2.05, 4.69) is 0 Å². The van der Waals surface area contributed by atoms with Crippen molar-refractivity contribution in [2.45, 2.75) is 12.8 Å². The number of anilines is 1. The fraction of sp³-hybridized carbons (Fsp3) is 0.200. The smallest absolute Gasteiger partial charge is 0.303 e. The largest absolute Gasteiger partial charge is 0.503 e. The lowest BCUT2D eigenvalue weighted by atomic mass is 10.1. The number of aryl methyl sites for hydroxylation is 1. The molecule has 0 aliphatic carbocycles. The number of hydrogen-bond donors (Lipinski definition) is 3. The van der Waals surface area contributed by atoms with Crippen LogP contribution in [0.15, 0.2) is 23.0 Å². The van der Waals surface area contributed by atoms with Gasteiger partial charge >= 0.3 is 5.97 Å². The van der Waals surface area contributed by atoms with Gasteiger partial charge in [0.15, 0.2) is 5.75 Å². The topological polar surface area (TPSA) is 101 Å². The lowest BCUT2D eigenvalue weighted by Crippen LogP contribution is -2.02. The lowest BCUT2D eigenvalue weighted by Gasteiger charge is -2.00. The van der Waals surface area contributed by atoms with Crippen molar-refractivity contribution in [2.75, 3.05) is 5.73 Å². The minimum Gasteiger partial charge on any atom is -0.503 e. The number of carboxylic acid groups (broad SMARTS) is 1. The summed E-state index contributed by atoms with van der Waals surface area (Å²) in [5, 5.41) is 17.8. The van der Waals surface area contributed by atoms with Gasteiger partial charge in [0.25, 0.3) is 0 Å². The third-order valence-corrected chi connectivity index (χ3v) is 1.99. The van der Waals surface area contributed by atoms with Gasteiger partial charge in [-0.25, -0.2) is 0 Å². The number of hydrogen-bond acceptors (Lipinski definition) is 4. The highest BCUT2D eigenvalue weighted by atomic mass is 16.4. The Kier molecular flexibility index (Phi) is 3.28. The Morgan fingerprint density at radius 1 is 1.40 bits per heavy atom. The Hall–Kier alpha value is -2.04. The van der Waals surface area contributed by atoms with E-state index in [9.17, 15) is 14.7 Å². The maximum Gasteiger partial charge on any atom is 0.303 e. The van der Waals surface area contributed by atoms with Crippen molar-refractivity contribution in [2.24, 2.45) is 0 Å². The zero-order valence-electron chi connectivity index (χ0n) is 7.93. The first-order valence-corrected chi connectivity index (χ1v) is 4.35.